The van der Waals surface area contributed by atoms with Gasteiger partial charge in [0.2, 0.25) is 10.0 Å². The minimum absolute atomic E-state index is 0.0554. The molecule has 2 aliphatic rings. The van der Waals surface area contributed by atoms with E-state index >= 15 is 0 Å². The number of nitrogens with zero attached hydrogens (tertiary/aromatic N) is 1. The molecule has 110 valence electrons. The SMILES string of the molecule is CCC1COCCN1S(=O)(=O)c1ccc2c(c1)CNC2. The van der Waals surface area contributed by atoms with E-state index in [4.69, 9.17) is 4.74 Å². The maximum absolute atomic E-state index is 12.8. The molecule has 0 radical (unpaired) electrons. The minimum atomic E-state index is -3.42. The van der Waals surface area contributed by atoms with Crippen molar-refractivity contribution in [2.45, 2.75) is 37.4 Å². The Kier molecular flexibility index (Phi) is 3.81. The Labute approximate surface area is 120 Å². The molecule has 0 saturated carbocycles. The summed E-state index contributed by atoms with van der Waals surface area (Å²) in [5, 5.41) is 3.24. The zero-order valence-corrected chi connectivity index (χ0v) is 12.4. The lowest BCUT2D eigenvalue weighted by Gasteiger charge is -2.34. The Bertz CT molecular complexity index is 600. The molecule has 6 heteroatoms. The number of benzene rings is 1. The average Bonchev–Trinajstić information content (AvgIpc) is 2.94. The van der Waals surface area contributed by atoms with Gasteiger partial charge in [0, 0.05) is 25.7 Å². The van der Waals surface area contributed by atoms with Crippen LogP contribution in [0.25, 0.3) is 0 Å². The van der Waals surface area contributed by atoms with Crippen molar-refractivity contribution in [3.05, 3.63) is 29.3 Å². The van der Waals surface area contributed by atoms with Crippen LogP contribution < -0.4 is 5.32 Å². The Morgan fingerprint density at radius 3 is 2.95 bits per heavy atom. The van der Waals surface area contributed by atoms with Crippen molar-refractivity contribution in [3.8, 4) is 0 Å². The van der Waals surface area contributed by atoms with Crippen LogP contribution in [0.15, 0.2) is 23.1 Å². The van der Waals surface area contributed by atoms with E-state index in [1.54, 1.807) is 10.4 Å². The van der Waals surface area contributed by atoms with Crippen LogP contribution in [0.4, 0.5) is 0 Å². The average molecular weight is 296 g/mol. The van der Waals surface area contributed by atoms with Crippen LogP contribution in [0.2, 0.25) is 0 Å². The second kappa shape index (κ2) is 5.44. The molecule has 1 unspecified atom stereocenters. The summed E-state index contributed by atoms with van der Waals surface area (Å²) < 4.78 is 32.6. The summed E-state index contributed by atoms with van der Waals surface area (Å²) in [4.78, 5) is 0.403. The molecule has 2 aliphatic heterocycles. The highest BCUT2D eigenvalue weighted by Crippen LogP contribution is 2.25. The van der Waals surface area contributed by atoms with Gasteiger partial charge in [0.25, 0.3) is 0 Å². The number of morpholine rings is 1. The fourth-order valence-electron chi connectivity index (χ4n) is 2.84. The fraction of sp³-hybridized carbons (Fsp3) is 0.571. The summed E-state index contributed by atoms with van der Waals surface area (Å²) in [6, 6.07) is 5.40. The van der Waals surface area contributed by atoms with Crippen LogP contribution >= 0.6 is 0 Å². The lowest BCUT2D eigenvalue weighted by Crippen LogP contribution is -2.48. The number of hydrogen-bond acceptors (Lipinski definition) is 4. The Morgan fingerprint density at radius 2 is 2.15 bits per heavy atom. The largest absolute Gasteiger partial charge is 0.378 e. The first-order valence-electron chi connectivity index (χ1n) is 7.05. The maximum atomic E-state index is 12.8. The molecule has 0 amide bonds. The van der Waals surface area contributed by atoms with Crippen LogP contribution in [-0.4, -0.2) is 38.5 Å². The zero-order valence-electron chi connectivity index (χ0n) is 11.6. The van der Waals surface area contributed by atoms with E-state index < -0.39 is 10.0 Å². The number of sulfonamides is 1. The summed E-state index contributed by atoms with van der Waals surface area (Å²) in [6.07, 6.45) is 0.770. The number of fused-ring (bicyclic) bond motifs is 1. The first-order chi connectivity index (χ1) is 9.63. The molecule has 3 rings (SSSR count). The lowest BCUT2D eigenvalue weighted by molar-refractivity contribution is 0.0314. The van der Waals surface area contributed by atoms with Gasteiger partial charge >= 0.3 is 0 Å². The standard InChI is InChI=1S/C14H20N2O3S/c1-2-13-10-19-6-5-16(13)20(17,18)14-4-3-11-8-15-9-12(11)7-14/h3-4,7,13,15H,2,5-6,8-10H2,1H3. The molecule has 1 saturated heterocycles. The number of hydrogen-bond donors (Lipinski definition) is 1. The topological polar surface area (TPSA) is 58.6 Å². The second-order valence-electron chi connectivity index (χ2n) is 5.29. The molecule has 1 fully saturated rings. The van der Waals surface area contributed by atoms with Crippen molar-refractivity contribution in [1.29, 1.82) is 0 Å². The van der Waals surface area contributed by atoms with E-state index in [1.165, 1.54) is 5.56 Å². The van der Waals surface area contributed by atoms with Gasteiger partial charge in [-0.15, -0.1) is 0 Å². The third kappa shape index (κ3) is 2.37. The quantitative estimate of drug-likeness (QED) is 0.907. The summed E-state index contributed by atoms with van der Waals surface area (Å²) in [5.74, 6) is 0. The fourth-order valence-corrected chi connectivity index (χ4v) is 4.56. The molecule has 5 nitrogen and oxygen atoms in total. The van der Waals surface area contributed by atoms with Crippen LogP contribution in [0.1, 0.15) is 24.5 Å². The van der Waals surface area contributed by atoms with Gasteiger partial charge in [0.05, 0.1) is 18.1 Å². The van der Waals surface area contributed by atoms with Crippen LogP contribution in [0.5, 0.6) is 0 Å². The summed E-state index contributed by atoms with van der Waals surface area (Å²) >= 11 is 0. The molecule has 0 aromatic heterocycles. The Hall–Kier alpha value is -0.950. The van der Waals surface area contributed by atoms with Gasteiger partial charge in [0.1, 0.15) is 0 Å². The Morgan fingerprint density at radius 1 is 1.35 bits per heavy atom. The number of rotatable bonds is 3. The monoisotopic (exact) mass is 296 g/mol. The summed E-state index contributed by atoms with van der Waals surface area (Å²) in [7, 11) is -3.42. The lowest BCUT2D eigenvalue weighted by atomic mass is 10.1. The highest BCUT2D eigenvalue weighted by atomic mass is 32.2. The van der Waals surface area contributed by atoms with E-state index in [0.29, 0.717) is 24.7 Å². The normalized spacial score (nSPS) is 23.8. The van der Waals surface area contributed by atoms with E-state index in [9.17, 15) is 8.42 Å². The molecule has 2 heterocycles. The van der Waals surface area contributed by atoms with Crippen molar-refractivity contribution in [2.75, 3.05) is 19.8 Å². The van der Waals surface area contributed by atoms with E-state index in [-0.39, 0.29) is 6.04 Å². The predicted molar refractivity (Wildman–Crippen MR) is 75.8 cm³/mol. The van der Waals surface area contributed by atoms with Crippen LogP contribution in [0.3, 0.4) is 0 Å². The molecule has 0 aliphatic carbocycles. The van der Waals surface area contributed by atoms with Crippen molar-refractivity contribution in [3.63, 3.8) is 0 Å². The number of nitrogens with one attached hydrogen (secondary N) is 1. The third-order valence-electron chi connectivity index (χ3n) is 4.06. The van der Waals surface area contributed by atoms with E-state index in [2.05, 4.69) is 5.32 Å². The molecule has 0 spiro atoms. The molecule has 1 atom stereocenters. The van der Waals surface area contributed by atoms with Gasteiger partial charge in [-0.1, -0.05) is 13.0 Å². The third-order valence-corrected chi connectivity index (χ3v) is 6.01. The summed E-state index contributed by atoms with van der Waals surface area (Å²) in [5.41, 5.74) is 2.28. The highest BCUT2D eigenvalue weighted by molar-refractivity contribution is 7.89. The molecule has 1 aromatic rings. The highest BCUT2D eigenvalue weighted by Gasteiger charge is 2.33. The van der Waals surface area contributed by atoms with Gasteiger partial charge < -0.3 is 10.1 Å². The van der Waals surface area contributed by atoms with Gasteiger partial charge in [-0.3, -0.25) is 0 Å². The molecular weight excluding hydrogens is 276 g/mol. The number of ether oxygens (including phenoxy) is 1. The summed E-state index contributed by atoms with van der Waals surface area (Å²) in [6.45, 7) is 4.97. The molecule has 1 N–H and O–H groups in total. The Balaban J connectivity index is 1.94. The molecular formula is C14H20N2O3S. The second-order valence-corrected chi connectivity index (χ2v) is 7.18. The predicted octanol–water partition coefficient (Wildman–Crippen LogP) is 1.09. The molecule has 20 heavy (non-hydrogen) atoms. The van der Waals surface area contributed by atoms with Gasteiger partial charge in [-0.2, -0.15) is 4.31 Å². The van der Waals surface area contributed by atoms with Gasteiger partial charge in [-0.25, -0.2) is 8.42 Å². The van der Waals surface area contributed by atoms with Crippen LogP contribution in [0, 0.1) is 0 Å². The zero-order chi connectivity index (χ0) is 14.2. The smallest absolute Gasteiger partial charge is 0.243 e. The maximum Gasteiger partial charge on any atom is 0.243 e. The van der Waals surface area contributed by atoms with Gasteiger partial charge in [-0.05, 0) is 29.7 Å². The van der Waals surface area contributed by atoms with Gasteiger partial charge in [0.15, 0.2) is 0 Å². The molecule has 0 bridgehead atoms. The van der Waals surface area contributed by atoms with Crippen molar-refractivity contribution in [2.24, 2.45) is 0 Å². The van der Waals surface area contributed by atoms with E-state index in [1.807, 2.05) is 19.1 Å². The van der Waals surface area contributed by atoms with Crippen molar-refractivity contribution < 1.29 is 13.2 Å². The van der Waals surface area contributed by atoms with Crippen LogP contribution in [-0.2, 0) is 27.8 Å². The minimum Gasteiger partial charge on any atom is -0.378 e. The first kappa shape index (κ1) is 14.0. The van der Waals surface area contributed by atoms with Crippen molar-refractivity contribution in [1.82, 2.24) is 9.62 Å². The molecule has 1 aromatic carbocycles. The van der Waals surface area contributed by atoms with Crippen molar-refractivity contribution >= 4 is 10.0 Å². The van der Waals surface area contributed by atoms with E-state index in [0.717, 1.165) is 25.1 Å². The first-order valence-corrected chi connectivity index (χ1v) is 8.49.